The summed E-state index contributed by atoms with van der Waals surface area (Å²) in [6.07, 6.45) is 2.01. The Hall–Kier alpha value is -1.49. The quantitative estimate of drug-likeness (QED) is 0.866. The van der Waals surface area contributed by atoms with E-state index in [0.717, 1.165) is 29.3 Å². The van der Waals surface area contributed by atoms with Crippen LogP contribution in [0, 0.1) is 5.92 Å². The average Bonchev–Trinajstić information content (AvgIpc) is 2.55. The molecule has 98 valence electrons. The van der Waals surface area contributed by atoms with Gasteiger partial charge in [0.1, 0.15) is 5.75 Å². The molecule has 1 aromatic carbocycles. The Balaban J connectivity index is 2.33. The van der Waals surface area contributed by atoms with Gasteiger partial charge in [0.15, 0.2) is 0 Å². The van der Waals surface area contributed by atoms with Crippen LogP contribution < -0.4 is 4.18 Å². The number of H-pyrrole nitrogens is 1. The van der Waals surface area contributed by atoms with E-state index in [1.807, 2.05) is 12.1 Å². The fraction of sp³-hybridized carbons (Fsp3) is 0.385. The van der Waals surface area contributed by atoms with Crippen LogP contribution in [0.1, 0.15) is 19.5 Å². The molecule has 1 aromatic heterocycles. The second kappa shape index (κ2) is 4.65. The van der Waals surface area contributed by atoms with E-state index < -0.39 is 10.1 Å². The number of fused-ring (bicyclic) bond motifs is 1. The molecule has 0 unspecified atom stereocenters. The molecule has 0 saturated carbocycles. The second-order valence-electron chi connectivity index (χ2n) is 4.93. The van der Waals surface area contributed by atoms with Crippen molar-refractivity contribution in [3.05, 3.63) is 30.0 Å². The highest BCUT2D eigenvalue weighted by molar-refractivity contribution is 7.86. The van der Waals surface area contributed by atoms with Gasteiger partial charge in [-0.05, 0) is 36.6 Å². The molecule has 0 aliphatic rings. The van der Waals surface area contributed by atoms with Gasteiger partial charge in [-0.1, -0.05) is 13.8 Å². The topological polar surface area (TPSA) is 59.2 Å². The maximum Gasteiger partial charge on any atom is 0.306 e. The third kappa shape index (κ3) is 3.26. The maximum absolute atomic E-state index is 11.1. The fourth-order valence-corrected chi connectivity index (χ4v) is 2.40. The number of hydrogen-bond donors (Lipinski definition) is 1. The Morgan fingerprint density at radius 3 is 2.61 bits per heavy atom. The average molecular weight is 267 g/mol. The lowest BCUT2D eigenvalue weighted by Crippen LogP contribution is -2.05. The van der Waals surface area contributed by atoms with Crippen LogP contribution in [0.4, 0.5) is 0 Å². The Morgan fingerprint density at radius 1 is 1.28 bits per heavy atom. The predicted octanol–water partition coefficient (Wildman–Crippen LogP) is 2.70. The van der Waals surface area contributed by atoms with Crippen LogP contribution in [-0.4, -0.2) is 19.7 Å². The first kappa shape index (κ1) is 13.0. The van der Waals surface area contributed by atoms with Crippen molar-refractivity contribution in [1.29, 1.82) is 0 Å². The molecule has 1 heterocycles. The highest BCUT2D eigenvalue weighted by Gasteiger charge is 2.07. The first-order valence-electron chi connectivity index (χ1n) is 5.84. The van der Waals surface area contributed by atoms with Gasteiger partial charge in [-0.2, -0.15) is 8.42 Å². The fourth-order valence-electron chi connectivity index (χ4n) is 1.95. The van der Waals surface area contributed by atoms with Crippen LogP contribution in [0.15, 0.2) is 24.3 Å². The van der Waals surface area contributed by atoms with Gasteiger partial charge in [-0.25, -0.2) is 0 Å². The number of nitrogens with one attached hydrogen (secondary N) is 1. The monoisotopic (exact) mass is 267 g/mol. The number of rotatable bonds is 4. The van der Waals surface area contributed by atoms with Gasteiger partial charge >= 0.3 is 10.1 Å². The molecular formula is C13H17NO3S. The van der Waals surface area contributed by atoms with E-state index in [1.165, 1.54) is 0 Å². The minimum Gasteiger partial charge on any atom is -0.383 e. The van der Waals surface area contributed by atoms with Crippen molar-refractivity contribution >= 4 is 21.0 Å². The minimum atomic E-state index is -3.47. The smallest absolute Gasteiger partial charge is 0.306 e. The third-order valence-electron chi connectivity index (χ3n) is 2.52. The molecule has 0 bridgehead atoms. The molecule has 0 atom stereocenters. The molecule has 0 spiro atoms. The van der Waals surface area contributed by atoms with Crippen LogP contribution in [0.2, 0.25) is 0 Å². The Labute approximate surface area is 107 Å². The molecule has 2 rings (SSSR count). The van der Waals surface area contributed by atoms with E-state index in [1.54, 1.807) is 12.1 Å². The van der Waals surface area contributed by atoms with Crippen molar-refractivity contribution in [3.63, 3.8) is 0 Å². The zero-order valence-electron chi connectivity index (χ0n) is 10.7. The molecule has 18 heavy (non-hydrogen) atoms. The second-order valence-corrected chi connectivity index (χ2v) is 6.50. The molecule has 0 amide bonds. The summed E-state index contributed by atoms with van der Waals surface area (Å²) in [7, 11) is -3.47. The Bertz CT molecular complexity index is 656. The SMILES string of the molecule is CC(C)Cc1cc2cc(OS(C)(=O)=O)ccc2[nH]1. The van der Waals surface area contributed by atoms with E-state index in [4.69, 9.17) is 4.18 Å². The first-order valence-corrected chi connectivity index (χ1v) is 7.66. The van der Waals surface area contributed by atoms with Crippen LogP contribution in [0.25, 0.3) is 10.9 Å². The summed E-state index contributed by atoms with van der Waals surface area (Å²) in [5.41, 5.74) is 2.14. The normalized spacial score (nSPS) is 12.2. The van der Waals surface area contributed by atoms with Crippen molar-refractivity contribution in [2.75, 3.05) is 6.26 Å². The summed E-state index contributed by atoms with van der Waals surface area (Å²) in [6, 6.07) is 7.25. The zero-order chi connectivity index (χ0) is 13.3. The van der Waals surface area contributed by atoms with Crippen molar-refractivity contribution in [3.8, 4) is 5.75 Å². The summed E-state index contributed by atoms with van der Waals surface area (Å²) in [6.45, 7) is 4.31. The number of benzene rings is 1. The molecule has 0 aliphatic carbocycles. The summed E-state index contributed by atoms with van der Waals surface area (Å²) < 4.78 is 27.0. The Kier molecular flexibility index (Phi) is 3.34. The molecular weight excluding hydrogens is 250 g/mol. The molecule has 0 saturated heterocycles. The third-order valence-corrected chi connectivity index (χ3v) is 3.02. The molecule has 0 fully saturated rings. The van der Waals surface area contributed by atoms with Gasteiger partial charge in [0.25, 0.3) is 0 Å². The molecule has 5 heteroatoms. The van der Waals surface area contributed by atoms with E-state index in [0.29, 0.717) is 11.7 Å². The lowest BCUT2D eigenvalue weighted by Gasteiger charge is -2.01. The van der Waals surface area contributed by atoms with Gasteiger partial charge < -0.3 is 9.17 Å². The number of hydrogen-bond acceptors (Lipinski definition) is 3. The predicted molar refractivity (Wildman–Crippen MR) is 72.3 cm³/mol. The molecule has 4 nitrogen and oxygen atoms in total. The van der Waals surface area contributed by atoms with Crippen LogP contribution in [0.3, 0.4) is 0 Å². The summed E-state index contributed by atoms with van der Waals surface area (Å²) in [4.78, 5) is 3.31. The maximum atomic E-state index is 11.1. The highest BCUT2D eigenvalue weighted by atomic mass is 32.2. The first-order chi connectivity index (χ1) is 8.33. The lowest BCUT2D eigenvalue weighted by atomic mass is 10.1. The summed E-state index contributed by atoms with van der Waals surface area (Å²) >= 11 is 0. The highest BCUT2D eigenvalue weighted by Crippen LogP contribution is 2.23. The van der Waals surface area contributed by atoms with Crippen LogP contribution in [0.5, 0.6) is 5.75 Å². The standard InChI is InChI=1S/C13H17NO3S/c1-9(2)6-11-7-10-8-12(17-18(3,15)16)4-5-13(10)14-11/h4-5,7-9,14H,6H2,1-3H3. The van der Waals surface area contributed by atoms with Gasteiger partial charge in [-0.3, -0.25) is 0 Å². The van der Waals surface area contributed by atoms with E-state index in [9.17, 15) is 8.42 Å². The molecule has 0 radical (unpaired) electrons. The van der Waals surface area contributed by atoms with Crippen molar-refractivity contribution in [1.82, 2.24) is 4.98 Å². The lowest BCUT2D eigenvalue weighted by molar-refractivity contribution is 0.493. The number of aromatic amines is 1. The van der Waals surface area contributed by atoms with E-state index in [2.05, 4.69) is 18.8 Å². The van der Waals surface area contributed by atoms with E-state index in [-0.39, 0.29) is 0 Å². The largest absolute Gasteiger partial charge is 0.383 e. The minimum absolute atomic E-state index is 0.347. The van der Waals surface area contributed by atoms with Crippen molar-refractivity contribution in [2.24, 2.45) is 5.92 Å². The van der Waals surface area contributed by atoms with Gasteiger partial charge in [-0.15, -0.1) is 0 Å². The molecule has 0 aliphatic heterocycles. The molecule has 1 N–H and O–H groups in total. The van der Waals surface area contributed by atoms with Gasteiger partial charge in [0.2, 0.25) is 0 Å². The van der Waals surface area contributed by atoms with Gasteiger partial charge in [0, 0.05) is 16.6 Å². The number of aromatic nitrogens is 1. The zero-order valence-corrected chi connectivity index (χ0v) is 11.5. The van der Waals surface area contributed by atoms with Crippen molar-refractivity contribution < 1.29 is 12.6 Å². The Morgan fingerprint density at radius 2 is 2.00 bits per heavy atom. The summed E-state index contributed by atoms with van der Waals surface area (Å²) in [5.74, 6) is 0.921. The van der Waals surface area contributed by atoms with Crippen LogP contribution in [-0.2, 0) is 16.5 Å². The van der Waals surface area contributed by atoms with Gasteiger partial charge in [0.05, 0.1) is 6.26 Å². The molecule has 2 aromatic rings. The van der Waals surface area contributed by atoms with E-state index >= 15 is 0 Å². The van der Waals surface area contributed by atoms with Crippen LogP contribution >= 0.6 is 0 Å². The van der Waals surface area contributed by atoms with Crippen molar-refractivity contribution in [2.45, 2.75) is 20.3 Å². The summed E-state index contributed by atoms with van der Waals surface area (Å²) in [5, 5.41) is 0.965.